The van der Waals surface area contributed by atoms with Gasteiger partial charge in [-0.15, -0.1) is 0 Å². The highest BCUT2D eigenvalue weighted by atomic mass is 19.4. The Hall–Kier alpha value is -2.28. The molecule has 132 valence electrons. The van der Waals surface area contributed by atoms with E-state index in [1.54, 1.807) is 19.2 Å². The van der Waals surface area contributed by atoms with Crippen molar-refractivity contribution in [3.63, 3.8) is 0 Å². The van der Waals surface area contributed by atoms with Crippen molar-refractivity contribution in [2.75, 3.05) is 20.6 Å². The molecule has 1 unspecified atom stereocenters. The van der Waals surface area contributed by atoms with Gasteiger partial charge in [0, 0.05) is 30.5 Å². The van der Waals surface area contributed by atoms with Crippen molar-refractivity contribution in [1.82, 2.24) is 15.2 Å². The molecule has 4 rings (SSSR count). The zero-order valence-corrected chi connectivity index (χ0v) is 13.9. The number of rotatable bonds is 1. The summed E-state index contributed by atoms with van der Waals surface area (Å²) in [4.78, 5) is 16.6. The third-order valence-corrected chi connectivity index (χ3v) is 5.26. The first-order valence-corrected chi connectivity index (χ1v) is 8.16. The van der Waals surface area contributed by atoms with Gasteiger partial charge in [-0.2, -0.15) is 13.2 Å². The van der Waals surface area contributed by atoms with E-state index >= 15 is 0 Å². The summed E-state index contributed by atoms with van der Waals surface area (Å²) in [5, 5.41) is 3.28. The maximum Gasteiger partial charge on any atom is 0.431 e. The van der Waals surface area contributed by atoms with Crippen LogP contribution in [0.15, 0.2) is 24.3 Å². The second kappa shape index (κ2) is 5.36. The molecule has 1 aliphatic heterocycles. The topological polar surface area (TPSA) is 48.1 Å². The summed E-state index contributed by atoms with van der Waals surface area (Å²) in [6.45, 7) is 0.491. The molecule has 25 heavy (non-hydrogen) atoms. The third kappa shape index (κ3) is 2.37. The van der Waals surface area contributed by atoms with Crippen molar-refractivity contribution in [3.05, 3.63) is 41.1 Å². The summed E-state index contributed by atoms with van der Waals surface area (Å²) in [6.07, 6.45) is -2.21. The molecule has 2 aliphatic rings. The van der Waals surface area contributed by atoms with Gasteiger partial charge in [-0.05, 0) is 36.2 Å². The Balaban J connectivity index is 1.95. The van der Waals surface area contributed by atoms with Crippen LogP contribution in [0.1, 0.15) is 16.8 Å². The number of aromatic nitrogens is 1. The average Bonchev–Trinajstić information content (AvgIpc) is 2.95. The van der Waals surface area contributed by atoms with Crippen LogP contribution in [-0.4, -0.2) is 42.5 Å². The van der Waals surface area contributed by atoms with E-state index in [2.05, 4.69) is 10.3 Å². The van der Waals surface area contributed by atoms with E-state index < -0.39 is 11.9 Å². The number of nitrogens with zero attached hydrogens (tertiary/aromatic N) is 1. The Morgan fingerprint density at radius 3 is 2.80 bits per heavy atom. The van der Waals surface area contributed by atoms with Crippen molar-refractivity contribution in [2.45, 2.75) is 18.6 Å². The van der Waals surface area contributed by atoms with Gasteiger partial charge in [0.2, 0.25) is 5.91 Å². The largest absolute Gasteiger partial charge is 0.431 e. The molecule has 0 saturated carbocycles. The Morgan fingerprint density at radius 1 is 1.36 bits per heavy atom. The highest BCUT2D eigenvalue weighted by Gasteiger charge is 2.42. The van der Waals surface area contributed by atoms with Crippen LogP contribution in [0.5, 0.6) is 0 Å². The van der Waals surface area contributed by atoms with Crippen molar-refractivity contribution in [3.8, 4) is 0 Å². The quantitative estimate of drug-likeness (QED) is 0.832. The van der Waals surface area contributed by atoms with Crippen LogP contribution in [0.25, 0.3) is 16.5 Å². The Labute approximate surface area is 142 Å². The fourth-order valence-corrected chi connectivity index (χ4v) is 4.13. The number of likely N-dealkylation sites (N-methyl/N-ethyl adjacent to an activating group) is 1. The standard InChI is InChI=1S/C18H18F3N3O/c1-22-17(25)9-6-11-10-4-3-5-13-15(10)12(7-14(11)24(2)8-9)16(23-13)18(19,20)21/h3-6,9,14,23H,7-8H2,1-2H3,(H,22,25)/t9?,14-/m1/s1. The number of hydrogen-bond acceptors (Lipinski definition) is 2. The minimum atomic E-state index is -4.41. The lowest BCUT2D eigenvalue weighted by molar-refractivity contribution is -0.141. The first-order chi connectivity index (χ1) is 11.8. The fourth-order valence-electron chi connectivity index (χ4n) is 4.13. The number of benzene rings is 1. The first kappa shape index (κ1) is 16.2. The molecule has 2 aromatic rings. The van der Waals surface area contributed by atoms with E-state index in [9.17, 15) is 18.0 Å². The minimum absolute atomic E-state index is 0.0826. The van der Waals surface area contributed by atoms with Gasteiger partial charge in [-0.25, -0.2) is 0 Å². The van der Waals surface area contributed by atoms with Crippen LogP contribution < -0.4 is 5.32 Å². The maximum atomic E-state index is 13.5. The van der Waals surface area contributed by atoms with Crippen molar-refractivity contribution in [1.29, 1.82) is 0 Å². The number of aromatic amines is 1. The third-order valence-electron chi connectivity index (χ3n) is 5.26. The van der Waals surface area contributed by atoms with Crippen LogP contribution in [0.3, 0.4) is 0 Å². The van der Waals surface area contributed by atoms with E-state index in [0.717, 1.165) is 11.1 Å². The molecule has 1 amide bonds. The van der Waals surface area contributed by atoms with Gasteiger partial charge >= 0.3 is 6.18 Å². The lowest BCUT2D eigenvalue weighted by Gasteiger charge is -2.39. The smallest absolute Gasteiger partial charge is 0.359 e. The lowest BCUT2D eigenvalue weighted by atomic mass is 9.79. The van der Waals surface area contributed by atoms with Gasteiger partial charge in [0.25, 0.3) is 0 Å². The van der Waals surface area contributed by atoms with Crippen LogP contribution in [-0.2, 0) is 17.4 Å². The molecule has 4 nitrogen and oxygen atoms in total. The number of carbonyl (C=O) groups is 1. The van der Waals surface area contributed by atoms with Gasteiger partial charge in [-0.3, -0.25) is 9.69 Å². The summed E-state index contributed by atoms with van der Waals surface area (Å²) in [5.74, 6) is -0.389. The number of carbonyl (C=O) groups excluding carboxylic acids is 1. The second-order valence-corrected chi connectivity index (χ2v) is 6.71. The molecule has 0 fully saturated rings. The number of nitrogens with one attached hydrogen (secondary N) is 2. The van der Waals surface area contributed by atoms with Gasteiger partial charge < -0.3 is 10.3 Å². The first-order valence-electron chi connectivity index (χ1n) is 8.16. The zero-order chi connectivity index (χ0) is 17.9. The van der Waals surface area contributed by atoms with Gasteiger partial charge in [0.15, 0.2) is 0 Å². The van der Waals surface area contributed by atoms with E-state index in [0.29, 0.717) is 23.0 Å². The van der Waals surface area contributed by atoms with E-state index in [1.165, 1.54) is 0 Å². The van der Waals surface area contributed by atoms with Gasteiger partial charge in [0.05, 0.1) is 5.92 Å². The number of hydrogen-bond donors (Lipinski definition) is 2. The normalized spacial score (nSPS) is 23.3. The number of halogens is 3. The fraction of sp³-hybridized carbons (Fsp3) is 0.389. The molecular weight excluding hydrogens is 331 g/mol. The summed E-state index contributed by atoms with van der Waals surface area (Å²) >= 11 is 0. The Morgan fingerprint density at radius 2 is 2.12 bits per heavy atom. The van der Waals surface area contributed by atoms with Crippen LogP contribution in [0, 0.1) is 5.92 Å². The van der Waals surface area contributed by atoms with Gasteiger partial charge in [-0.1, -0.05) is 18.2 Å². The van der Waals surface area contributed by atoms with Crippen molar-refractivity contribution >= 4 is 22.4 Å². The Kier molecular flexibility index (Phi) is 3.47. The SMILES string of the molecule is CNC(=O)C1C=C2c3cccc4[nH]c(C(F)(F)F)c(c34)C[C@H]2N(C)C1. The molecule has 0 radical (unpaired) electrons. The highest BCUT2D eigenvalue weighted by molar-refractivity contribution is 6.00. The molecule has 2 heterocycles. The summed E-state index contributed by atoms with van der Waals surface area (Å²) in [6, 6.07) is 5.11. The van der Waals surface area contributed by atoms with E-state index in [1.807, 2.05) is 24.1 Å². The molecule has 0 spiro atoms. The molecule has 7 heteroatoms. The second-order valence-electron chi connectivity index (χ2n) is 6.71. The molecular formula is C18H18F3N3O. The monoisotopic (exact) mass is 349 g/mol. The van der Waals surface area contributed by atoms with Gasteiger partial charge in [0.1, 0.15) is 5.69 Å². The molecule has 1 aromatic heterocycles. The predicted octanol–water partition coefficient (Wildman–Crippen LogP) is 2.80. The number of fused-ring (bicyclic) bond motifs is 2. The number of amides is 1. The summed E-state index contributed by atoms with van der Waals surface area (Å²) in [7, 11) is 3.45. The molecule has 0 saturated heterocycles. The number of H-pyrrole nitrogens is 1. The lowest BCUT2D eigenvalue weighted by Crippen LogP contribution is -2.46. The van der Waals surface area contributed by atoms with Crippen LogP contribution in [0.4, 0.5) is 13.2 Å². The van der Waals surface area contributed by atoms with Crippen LogP contribution in [0.2, 0.25) is 0 Å². The highest BCUT2D eigenvalue weighted by Crippen LogP contribution is 2.45. The summed E-state index contributed by atoms with van der Waals surface area (Å²) in [5.41, 5.74) is 1.88. The molecule has 2 N–H and O–H groups in total. The maximum absolute atomic E-state index is 13.5. The minimum Gasteiger partial charge on any atom is -0.359 e. The molecule has 1 aromatic carbocycles. The molecule has 2 atom stereocenters. The van der Waals surface area contributed by atoms with Crippen molar-refractivity contribution in [2.24, 2.45) is 5.92 Å². The predicted molar refractivity (Wildman–Crippen MR) is 89.0 cm³/mol. The zero-order valence-electron chi connectivity index (χ0n) is 13.9. The Bertz CT molecular complexity index is 897. The van der Waals surface area contributed by atoms with Crippen LogP contribution >= 0.6 is 0 Å². The average molecular weight is 349 g/mol. The summed E-state index contributed by atoms with van der Waals surface area (Å²) < 4.78 is 40.4. The molecule has 1 aliphatic carbocycles. The molecule has 0 bridgehead atoms. The number of alkyl halides is 3. The van der Waals surface area contributed by atoms with E-state index in [-0.39, 0.29) is 24.3 Å². The van der Waals surface area contributed by atoms with Crippen molar-refractivity contribution < 1.29 is 18.0 Å². The van der Waals surface area contributed by atoms with E-state index in [4.69, 9.17) is 0 Å².